The van der Waals surface area contributed by atoms with Crippen molar-refractivity contribution in [2.24, 2.45) is 0 Å². The number of nitrogens with one attached hydrogen (secondary N) is 1. The van der Waals surface area contributed by atoms with E-state index in [-0.39, 0.29) is 6.54 Å². The molecule has 0 aromatic rings. The zero-order valence-corrected chi connectivity index (χ0v) is 12.4. The number of unbranched alkanes of at least 4 members (excludes halogenated alkanes) is 6. The second-order valence-corrected chi connectivity index (χ2v) is 6.50. The van der Waals surface area contributed by atoms with Gasteiger partial charge in [0, 0.05) is 0 Å². The van der Waals surface area contributed by atoms with Crippen LogP contribution >= 0.6 is 0 Å². The molecule has 108 valence electrons. The van der Waals surface area contributed by atoms with E-state index < -0.39 is 15.3 Å². The molecular weight excluding hydrogens is 262 g/mol. The van der Waals surface area contributed by atoms with Gasteiger partial charge in [-0.3, -0.25) is 0 Å². The Morgan fingerprint density at radius 1 is 1.05 bits per heavy atom. The minimum atomic E-state index is -3.67. The molecule has 1 atom stereocenters. The molecule has 0 saturated heterocycles. The minimum Gasteiger partial charge on any atom is -0.211 e. The van der Waals surface area contributed by atoms with E-state index in [0.717, 1.165) is 19.3 Å². The van der Waals surface area contributed by atoms with Crippen molar-refractivity contribution in [1.82, 2.24) is 4.72 Å². The standard InChI is InChI=1S/C13H23N3O2S/c1-2-3-4-5-6-7-8-9-13(12-15)19(17,18)16-11-10-14/h13,16H,2-9,11H2,1H3. The summed E-state index contributed by atoms with van der Waals surface area (Å²) in [7, 11) is -3.67. The first kappa shape index (κ1) is 17.9. The fraction of sp³-hybridized carbons (Fsp3) is 0.846. The molecule has 0 aromatic carbocycles. The van der Waals surface area contributed by atoms with E-state index >= 15 is 0 Å². The minimum absolute atomic E-state index is 0.280. The third kappa shape index (κ3) is 8.58. The van der Waals surface area contributed by atoms with Crippen molar-refractivity contribution in [3.05, 3.63) is 0 Å². The highest BCUT2D eigenvalue weighted by Crippen LogP contribution is 2.12. The summed E-state index contributed by atoms with van der Waals surface area (Å²) in [5.41, 5.74) is 0. The van der Waals surface area contributed by atoms with Gasteiger partial charge in [-0.05, 0) is 6.42 Å². The maximum absolute atomic E-state index is 11.6. The first-order valence-corrected chi connectivity index (χ1v) is 8.38. The Bertz CT molecular complexity index is 407. The quantitative estimate of drug-likeness (QED) is 0.466. The van der Waals surface area contributed by atoms with Crippen LogP contribution in [0.3, 0.4) is 0 Å². The van der Waals surface area contributed by atoms with Crippen molar-refractivity contribution in [2.75, 3.05) is 6.54 Å². The van der Waals surface area contributed by atoms with Crippen LogP contribution in [0.15, 0.2) is 0 Å². The molecule has 0 aromatic heterocycles. The van der Waals surface area contributed by atoms with Gasteiger partial charge in [0.2, 0.25) is 10.0 Å². The SMILES string of the molecule is CCCCCCCCCC(C#N)S(=O)(=O)NCC#N. The maximum Gasteiger partial charge on any atom is 0.228 e. The molecule has 1 unspecified atom stereocenters. The summed E-state index contributed by atoms with van der Waals surface area (Å²) in [5, 5.41) is 16.2. The highest BCUT2D eigenvalue weighted by Gasteiger charge is 2.23. The molecule has 0 saturated carbocycles. The predicted molar refractivity (Wildman–Crippen MR) is 74.5 cm³/mol. The van der Waals surface area contributed by atoms with E-state index in [2.05, 4.69) is 11.6 Å². The molecule has 0 aliphatic carbocycles. The molecule has 5 nitrogen and oxygen atoms in total. The smallest absolute Gasteiger partial charge is 0.211 e. The number of nitrogens with zero attached hydrogens (tertiary/aromatic N) is 2. The van der Waals surface area contributed by atoms with Gasteiger partial charge in [0.1, 0.15) is 0 Å². The average molecular weight is 285 g/mol. The lowest BCUT2D eigenvalue weighted by atomic mass is 10.1. The van der Waals surface area contributed by atoms with Gasteiger partial charge in [0.25, 0.3) is 0 Å². The van der Waals surface area contributed by atoms with Crippen LogP contribution in [-0.4, -0.2) is 20.2 Å². The molecule has 0 rings (SSSR count). The van der Waals surface area contributed by atoms with Crippen molar-refractivity contribution >= 4 is 10.0 Å². The van der Waals surface area contributed by atoms with Gasteiger partial charge in [-0.15, -0.1) is 0 Å². The molecule has 1 N–H and O–H groups in total. The zero-order chi connectivity index (χ0) is 14.6. The van der Waals surface area contributed by atoms with Crippen molar-refractivity contribution in [2.45, 2.75) is 63.5 Å². The lowest BCUT2D eigenvalue weighted by Gasteiger charge is -2.09. The first-order chi connectivity index (χ1) is 9.08. The molecule has 0 aliphatic heterocycles. The number of hydrogen-bond acceptors (Lipinski definition) is 4. The van der Waals surface area contributed by atoms with E-state index in [4.69, 9.17) is 10.5 Å². The molecule has 19 heavy (non-hydrogen) atoms. The Labute approximate surface area is 116 Å². The third-order valence-corrected chi connectivity index (χ3v) is 4.58. The highest BCUT2D eigenvalue weighted by molar-refractivity contribution is 7.90. The van der Waals surface area contributed by atoms with Crippen LogP contribution in [0.25, 0.3) is 0 Å². The van der Waals surface area contributed by atoms with Gasteiger partial charge in [0.05, 0.1) is 18.7 Å². The number of rotatable bonds is 11. The van der Waals surface area contributed by atoms with Crippen LogP contribution in [0, 0.1) is 22.7 Å². The Morgan fingerprint density at radius 3 is 2.16 bits per heavy atom. The number of nitriles is 2. The van der Waals surface area contributed by atoms with Crippen LogP contribution in [0.1, 0.15) is 58.3 Å². The zero-order valence-electron chi connectivity index (χ0n) is 11.6. The van der Waals surface area contributed by atoms with E-state index in [9.17, 15) is 8.42 Å². The summed E-state index contributed by atoms with van der Waals surface area (Å²) in [6.45, 7) is 1.88. The van der Waals surface area contributed by atoms with Gasteiger partial charge >= 0.3 is 0 Å². The van der Waals surface area contributed by atoms with Gasteiger partial charge in [0.15, 0.2) is 5.25 Å². The largest absolute Gasteiger partial charge is 0.228 e. The van der Waals surface area contributed by atoms with Crippen molar-refractivity contribution in [3.63, 3.8) is 0 Å². The summed E-state index contributed by atoms with van der Waals surface area (Å²) >= 11 is 0. The van der Waals surface area contributed by atoms with Gasteiger partial charge in [-0.25, -0.2) is 8.42 Å². The third-order valence-electron chi connectivity index (χ3n) is 2.94. The second-order valence-electron chi connectivity index (χ2n) is 4.55. The average Bonchev–Trinajstić information content (AvgIpc) is 2.39. The fourth-order valence-corrected chi connectivity index (χ4v) is 2.89. The van der Waals surface area contributed by atoms with Gasteiger partial charge in [-0.1, -0.05) is 51.9 Å². The topological polar surface area (TPSA) is 93.8 Å². The van der Waals surface area contributed by atoms with Crippen molar-refractivity contribution in [1.29, 1.82) is 10.5 Å². The molecule has 6 heteroatoms. The monoisotopic (exact) mass is 285 g/mol. The molecule has 0 heterocycles. The Kier molecular flexibility index (Phi) is 10.1. The van der Waals surface area contributed by atoms with E-state index in [1.807, 2.05) is 0 Å². The van der Waals surface area contributed by atoms with Crippen LogP contribution in [-0.2, 0) is 10.0 Å². The van der Waals surface area contributed by atoms with Crippen LogP contribution in [0.2, 0.25) is 0 Å². The highest BCUT2D eigenvalue weighted by atomic mass is 32.2. The van der Waals surface area contributed by atoms with Crippen molar-refractivity contribution < 1.29 is 8.42 Å². The lowest BCUT2D eigenvalue weighted by Crippen LogP contribution is -2.33. The molecule has 0 aliphatic rings. The van der Waals surface area contributed by atoms with Crippen molar-refractivity contribution in [3.8, 4) is 12.1 Å². The molecule has 0 bridgehead atoms. The Morgan fingerprint density at radius 2 is 1.63 bits per heavy atom. The molecule has 0 fully saturated rings. The predicted octanol–water partition coefficient (Wildman–Crippen LogP) is 2.46. The van der Waals surface area contributed by atoms with E-state index in [1.54, 1.807) is 12.1 Å². The van der Waals surface area contributed by atoms with Gasteiger partial charge in [-0.2, -0.15) is 15.2 Å². The molecular formula is C13H23N3O2S. The Hall–Kier alpha value is -1.11. The molecule has 0 amide bonds. The summed E-state index contributed by atoms with van der Waals surface area (Å²) < 4.78 is 25.4. The fourth-order valence-electron chi connectivity index (χ4n) is 1.81. The van der Waals surface area contributed by atoms with Crippen LogP contribution in [0.4, 0.5) is 0 Å². The van der Waals surface area contributed by atoms with E-state index in [0.29, 0.717) is 6.42 Å². The van der Waals surface area contributed by atoms with E-state index in [1.165, 1.54) is 25.7 Å². The second kappa shape index (κ2) is 10.8. The lowest BCUT2D eigenvalue weighted by molar-refractivity contribution is 0.554. The van der Waals surface area contributed by atoms with Crippen LogP contribution in [0.5, 0.6) is 0 Å². The number of sulfonamides is 1. The summed E-state index contributed by atoms with van der Waals surface area (Å²) in [4.78, 5) is 0. The summed E-state index contributed by atoms with van der Waals surface area (Å²) in [5.74, 6) is 0. The summed E-state index contributed by atoms with van der Waals surface area (Å²) in [6.07, 6.45) is 7.96. The normalized spacial score (nSPS) is 12.6. The summed E-state index contributed by atoms with van der Waals surface area (Å²) in [6, 6.07) is 3.50. The molecule has 0 spiro atoms. The first-order valence-electron chi connectivity index (χ1n) is 6.83. The molecule has 0 radical (unpaired) electrons. The van der Waals surface area contributed by atoms with Crippen LogP contribution < -0.4 is 4.72 Å². The number of hydrogen-bond donors (Lipinski definition) is 1. The Balaban J connectivity index is 3.89. The van der Waals surface area contributed by atoms with Gasteiger partial charge < -0.3 is 0 Å². The maximum atomic E-state index is 11.6.